The van der Waals surface area contributed by atoms with Crippen LogP contribution in [0.15, 0.2) is 57.7 Å². The van der Waals surface area contributed by atoms with Gasteiger partial charge in [0.25, 0.3) is 0 Å². The Morgan fingerprint density at radius 1 is 1.12 bits per heavy atom. The molecule has 0 amide bonds. The van der Waals surface area contributed by atoms with Gasteiger partial charge in [-0.3, -0.25) is 4.90 Å². The maximum absolute atomic E-state index is 11.8. The molecule has 4 nitrogen and oxygen atoms in total. The van der Waals surface area contributed by atoms with E-state index >= 15 is 0 Å². The van der Waals surface area contributed by atoms with Crippen molar-refractivity contribution in [1.29, 1.82) is 0 Å². The zero-order chi connectivity index (χ0) is 17.1. The molecule has 0 spiro atoms. The Morgan fingerprint density at radius 3 is 2.71 bits per heavy atom. The van der Waals surface area contributed by atoms with Gasteiger partial charge in [-0.1, -0.05) is 23.7 Å². The van der Waals surface area contributed by atoms with Crippen molar-refractivity contribution in [3.63, 3.8) is 0 Å². The van der Waals surface area contributed by atoms with Gasteiger partial charge in [-0.2, -0.15) is 0 Å². The quantitative estimate of drug-likeness (QED) is 0.654. The number of methoxy groups -OCH3 is 1. The van der Waals surface area contributed by atoms with Gasteiger partial charge in [0.15, 0.2) is 0 Å². The largest absolute Gasteiger partial charge is 0.497 e. The Balaban J connectivity index is 1.87. The number of ether oxygens (including phenoxy) is 1. The third-order valence-corrected chi connectivity index (χ3v) is 4.05. The van der Waals surface area contributed by atoms with Crippen LogP contribution in [0.3, 0.4) is 0 Å². The standard InChI is InChI=1S/C19H18ClNO3/c1-21(11-13-4-3-5-15(20)8-13)12-14-9-19(22)24-18-10-16(23-2)6-7-17(14)18/h3-10H,11-12H2,1-2H3. The van der Waals surface area contributed by atoms with Crippen LogP contribution in [0, 0.1) is 0 Å². The lowest BCUT2D eigenvalue weighted by Crippen LogP contribution is -2.18. The van der Waals surface area contributed by atoms with Gasteiger partial charge in [0.1, 0.15) is 11.3 Å². The van der Waals surface area contributed by atoms with Crippen molar-refractivity contribution >= 4 is 22.6 Å². The number of nitrogens with zero attached hydrogens (tertiary/aromatic N) is 1. The zero-order valence-corrected chi connectivity index (χ0v) is 14.3. The molecule has 5 heteroatoms. The molecular weight excluding hydrogens is 326 g/mol. The van der Waals surface area contributed by atoms with Crippen LogP contribution in [0.5, 0.6) is 5.75 Å². The first-order chi connectivity index (χ1) is 11.5. The molecule has 0 saturated carbocycles. The van der Waals surface area contributed by atoms with Crippen molar-refractivity contribution in [2.75, 3.05) is 14.2 Å². The van der Waals surface area contributed by atoms with Gasteiger partial charge < -0.3 is 9.15 Å². The summed E-state index contributed by atoms with van der Waals surface area (Å²) in [6.07, 6.45) is 0. The highest BCUT2D eigenvalue weighted by molar-refractivity contribution is 6.30. The van der Waals surface area contributed by atoms with E-state index in [2.05, 4.69) is 4.90 Å². The maximum atomic E-state index is 11.8. The molecule has 0 fully saturated rings. The molecule has 0 saturated heterocycles. The fourth-order valence-electron chi connectivity index (χ4n) is 2.76. The minimum atomic E-state index is -0.359. The maximum Gasteiger partial charge on any atom is 0.336 e. The molecule has 0 bridgehead atoms. The summed E-state index contributed by atoms with van der Waals surface area (Å²) in [5.74, 6) is 0.662. The molecule has 0 unspecified atom stereocenters. The van der Waals surface area contributed by atoms with Crippen molar-refractivity contribution in [2.24, 2.45) is 0 Å². The average molecular weight is 344 g/mol. The summed E-state index contributed by atoms with van der Waals surface area (Å²) in [6.45, 7) is 1.36. The number of fused-ring (bicyclic) bond motifs is 1. The van der Waals surface area contributed by atoms with E-state index < -0.39 is 0 Å². The molecule has 0 radical (unpaired) electrons. The van der Waals surface area contributed by atoms with Crippen LogP contribution in [-0.2, 0) is 13.1 Å². The van der Waals surface area contributed by atoms with Gasteiger partial charge in [-0.05, 0) is 42.4 Å². The minimum Gasteiger partial charge on any atom is -0.497 e. The Kier molecular flexibility index (Phi) is 4.88. The summed E-state index contributed by atoms with van der Waals surface area (Å²) in [5.41, 5.74) is 2.22. The minimum absolute atomic E-state index is 0.359. The predicted molar refractivity (Wildman–Crippen MR) is 95.7 cm³/mol. The normalized spacial score (nSPS) is 11.2. The Morgan fingerprint density at radius 2 is 1.96 bits per heavy atom. The Hall–Kier alpha value is -2.30. The molecule has 0 aliphatic rings. The van der Waals surface area contributed by atoms with Crippen molar-refractivity contribution in [3.8, 4) is 5.75 Å². The predicted octanol–water partition coefficient (Wildman–Crippen LogP) is 4.09. The van der Waals surface area contributed by atoms with Crippen LogP contribution in [0.1, 0.15) is 11.1 Å². The zero-order valence-electron chi connectivity index (χ0n) is 13.6. The van der Waals surface area contributed by atoms with Gasteiger partial charge in [0, 0.05) is 35.6 Å². The van der Waals surface area contributed by atoms with E-state index in [9.17, 15) is 4.79 Å². The van der Waals surface area contributed by atoms with E-state index in [1.54, 1.807) is 19.2 Å². The molecule has 1 heterocycles. The molecule has 0 N–H and O–H groups in total. The van der Waals surface area contributed by atoms with E-state index in [1.807, 2.05) is 43.4 Å². The fourth-order valence-corrected chi connectivity index (χ4v) is 2.97. The van der Waals surface area contributed by atoms with Crippen molar-refractivity contribution in [2.45, 2.75) is 13.1 Å². The summed E-state index contributed by atoms with van der Waals surface area (Å²) in [4.78, 5) is 14.0. The van der Waals surface area contributed by atoms with E-state index in [1.165, 1.54) is 0 Å². The molecule has 3 aromatic rings. The molecule has 0 aliphatic heterocycles. The highest BCUT2D eigenvalue weighted by atomic mass is 35.5. The van der Waals surface area contributed by atoms with E-state index in [4.69, 9.17) is 20.8 Å². The van der Waals surface area contributed by atoms with Crippen molar-refractivity contribution in [1.82, 2.24) is 4.90 Å². The molecule has 3 rings (SSSR count). The van der Waals surface area contributed by atoms with Crippen molar-refractivity contribution in [3.05, 3.63) is 75.1 Å². The smallest absolute Gasteiger partial charge is 0.336 e. The first-order valence-electron chi connectivity index (χ1n) is 7.59. The summed E-state index contributed by atoms with van der Waals surface area (Å²) >= 11 is 6.03. The van der Waals surface area contributed by atoms with E-state index in [0.29, 0.717) is 17.9 Å². The molecule has 124 valence electrons. The van der Waals surface area contributed by atoms with Gasteiger partial charge in [0.05, 0.1) is 7.11 Å². The molecule has 24 heavy (non-hydrogen) atoms. The second-order valence-electron chi connectivity index (χ2n) is 5.75. The Labute approximate surface area is 145 Å². The topological polar surface area (TPSA) is 42.7 Å². The monoisotopic (exact) mass is 343 g/mol. The number of benzene rings is 2. The van der Waals surface area contributed by atoms with Crippen LogP contribution in [-0.4, -0.2) is 19.1 Å². The van der Waals surface area contributed by atoms with Gasteiger partial charge in [-0.25, -0.2) is 4.79 Å². The van der Waals surface area contributed by atoms with Crippen LogP contribution in [0.25, 0.3) is 11.0 Å². The molecule has 1 aromatic heterocycles. The molecule has 0 atom stereocenters. The summed E-state index contributed by atoms with van der Waals surface area (Å²) < 4.78 is 10.5. The molecule has 0 aliphatic carbocycles. The lowest BCUT2D eigenvalue weighted by Gasteiger charge is -2.18. The molecule has 2 aromatic carbocycles. The van der Waals surface area contributed by atoms with Crippen LogP contribution < -0.4 is 10.4 Å². The van der Waals surface area contributed by atoms with E-state index in [0.717, 1.165) is 28.1 Å². The van der Waals surface area contributed by atoms with Crippen LogP contribution in [0.2, 0.25) is 5.02 Å². The third-order valence-electron chi connectivity index (χ3n) is 3.82. The third kappa shape index (κ3) is 3.78. The van der Waals surface area contributed by atoms with Gasteiger partial charge in [0.2, 0.25) is 0 Å². The summed E-state index contributed by atoms with van der Waals surface area (Å²) in [6, 6.07) is 14.8. The first kappa shape index (κ1) is 16.6. The highest BCUT2D eigenvalue weighted by Crippen LogP contribution is 2.23. The first-order valence-corrected chi connectivity index (χ1v) is 7.97. The van der Waals surface area contributed by atoms with Gasteiger partial charge in [-0.15, -0.1) is 0 Å². The highest BCUT2D eigenvalue weighted by Gasteiger charge is 2.10. The van der Waals surface area contributed by atoms with Gasteiger partial charge >= 0.3 is 5.63 Å². The summed E-state index contributed by atoms with van der Waals surface area (Å²) in [5, 5.41) is 1.63. The van der Waals surface area contributed by atoms with Crippen LogP contribution in [0.4, 0.5) is 0 Å². The SMILES string of the molecule is COc1ccc2c(CN(C)Cc3cccc(Cl)c3)cc(=O)oc2c1. The second-order valence-corrected chi connectivity index (χ2v) is 6.19. The fraction of sp³-hybridized carbons (Fsp3) is 0.211. The Bertz CT molecular complexity index is 920. The number of halogens is 1. The number of hydrogen-bond acceptors (Lipinski definition) is 4. The summed E-state index contributed by atoms with van der Waals surface area (Å²) in [7, 11) is 3.59. The molecular formula is C19H18ClNO3. The second kappa shape index (κ2) is 7.07. The van der Waals surface area contributed by atoms with Crippen molar-refractivity contribution < 1.29 is 9.15 Å². The number of hydrogen-bond donors (Lipinski definition) is 0. The average Bonchev–Trinajstić information content (AvgIpc) is 2.53. The van der Waals surface area contributed by atoms with E-state index in [-0.39, 0.29) is 5.63 Å². The lowest BCUT2D eigenvalue weighted by molar-refractivity contribution is 0.319. The number of rotatable bonds is 5. The van der Waals surface area contributed by atoms with Crippen LogP contribution >= 0.6 is 11.6 Å². The lowest BCUT2D eigenvalue weighted by atomic mass is 10.1.